The van der Waals surface area contributed by atoms with Crippen LogP contribution in [0.1, 0.15) is 44.9 Å². The van der Waals surface area contributed by atoms with Crippen molar-refractivity contribution in [1.29, 1.82) is 0 Å². The van der Waals surface area contributed by atoms with Gasteiger partial charge in [0, 0.05) is 0 Å². The van der Waals surface area contributed by atoms with E-state index in [2.05, 4.69) is 20.8 Å². The van der Waals surface area contributed by atoms with Crippen molar-refractivity contribution >= 4 is 6.16 Å². The lowest BCUT2D eigenvalue weighted by atomic mass is 9.87. The van der Waals surface area contributed by atoms with Crippen LogP contribution in [0.25, 0.3) is 0 Å². The molecule has 3 heteroatoms. The van der Waals surface area contributed by atoms with E-state index in [0.29, 0.717) is 5.75 Å². The first-order valence-electron chi connectivity index (χ1n) is 7.40. The molecule has 2 aromatic carbocycles. The molecule has 0 aromatic heterocycles. The number of carbonyl (C=O) groups is 1. The SMILES string of the molecule is CC(OC(=O)Oc1ccc(C(C)(C)C)cc1)c1ccccc1. The Bertz CT molecular complexity index is 609. The van der Waals surface area contributed by atoms with E-state index in [1.807, 2.05) is 49.4 Å². The summed E-state index contributed by atoms with van der Waals surface area (Å²) >= 11 is 0. The zero-order valence-electron chi connectivity index (χ0n) is 13.5. The summed E-state index contributed by atoms with van der Waals surface area (Å²) in [7, 11) is 0. The molecule has 3 nitrogen and oxygen atoms in total. The fourth-order valence-corrected chi connectivity index (χ4v) is 2.08. The van der Waals surface area contributed by atoms with E-state index in [-0.39, 0.29) is 11.5 Å². The Morgan fingerprint density at radius 1 is 0.955 bits per heavy atom. The molecule has 1 unspecified atom stereocenters. The topological polar surface area (TPSA) is 35.5 Å². The van der Waals surface area contributed by atoms with Gasteiger partial charge in [-0.15, -0.1) is 0 Å². The van der Waals surface area contributed by atoms with Crippen molar-refractivity contribution in [3.05, 3.63) is 65.7 Å². The van der Waals surface area contributed by atoms with Crippen LogP contribution in [0.5, 0.6) is 5.75 Å². The molecule has 0 aliphatic rings. The summed E-state index contributed by atoms with van der Waals surface area (Å²) in [6.07, 6.45) is -1.04. The fraction of sp³-hybridized carbons (Fsp3) is 0.316. The minimum absolute atomic E-state index is 0.0703. The Balaban J connectivity index is 1.95. The summed E-state index contributed by atoms with van der Waals surface area (Å²) in [6.45, 7) is 8.23. The Morgan fingerprint density at radius 3 is 2.09 bits per heavy atom. The number of benzene rings is 2. The number of ether oxygens (including phenoxy) is 2. The van der Waals surface area contributed by atoms with Gasteiger partial charge in [0.05, 0.1) is 0 Å². The van der Waals surface area contributed by atoms with E-state index in [1.165, 1.54) is 5.56 Å². The van der Waals surface area contributed by atoms with Gasteiger partial charge < -0.3 is 9.47 Å². The average Bonchev–Trinajstić information content (AvgIpc) is 2.47. The third kappa shape index (κ3) is 4.35. The normalized spacial score (nSPS) is 12.5. The van der Waals surface area contributed by atoms with E-state index in [1.54, 1.807) is 12.1 Å². The summed E-state index contributed by atoms with van der Waals surface area (Å²) < 4.78 is 10.5. The number of carbonyl (C=O) groups excluding carboxylic acids is 1. The minimum Gasteiger partial charge on any atom is -0.426 e. The second-order valence-corrected chi connectivity index (χ2v) is 6.30. The Kier molecular flexibility index (Phi) is 4.86. The lowest BCUT2D eigenvalue weighted by molar-refractivity contribution is 0.0655. The standard InChI is InChI=1S/C19H22O3/c1-14(15-8-6-5-7-9-15)21-18(20)22-17-12-10-16(11-13-17)19(2,3)4/h5-14H,1-4H3. The lowest BCUT2D eigenvalue weighted by Gasteiger charge is -2.19. The summed E-state index contributed by atoms with van der Waals surface area (Å²) in [5.74, 6) is 0.485. The van der Waals surface area contributed by atoms with Gasteiger partial charge in [-0.1, -0.05) is 63.2 Å². The molecule has 1 atom stereocenters. The van der Waals surface area contributed by atoms with Crippen LogP contribution in [0.15, 0.2) is 54.6 Å². The van der Waals surface area contributed by atoms with Crippen LogP contribution in [0.2, 0.25) is 0 Å². The molecule has 0 fully saturated rings. The molecule has 0 aliphatic heterocycles. The quantitative estimate of drug-likeness (QED) is 0.572. The van der Waals surface area contributed by atoms with Crippen LogP contribution in [0, 0.1) is 0 Å². The number of rotatable bonds is 3. The maximum atomic E-state index is 11.8. The van der Waals surface area contributed by atoms with Gasteiger partial charge in [0.1, 0.15) is 11.9 Å². The zero-order chi connectivity index (χ0) is 16.2. The van der Waals surface area contributed by atoms with Gasteiger partial charge in [0.15, 0.2) is 0 Å². The molecule has 0 bridgehead atoms. The third-order valence-electron chi connectivity index (χ3n) is 3.46. The molecule has 0 heterocycles. The molecule has 22 heavy (non-hydrogen) atoms. The van der Waals surface area contributed by atoms with Gasteiger partial charge >= 0.3 is 6.16 Å². The second kappa shape index (κ2) is 6.65. The molecule has 0 saturated carbocycles. The smallest absolute Gasteiger partial charge is 0.426 e. The second-order valence-electron chi connectivity index (χ2n) is 6.30. The van der Waals surface area contributed by atoms with Crippen molar-refractivity contribution in [2.24, 2.45) is 0 Å². The molecule has 116 valence electrons. The zero-order valence-corrected chi connectivity index (χ0v) is 13.5. The van der Waals surface area contributed by atoms with Crippen LogP contribution in [0.3, 0.4) is 0 Å². The molecule has 0 saturated heterocycles. The van der Waals surface area contributed by atoms with Crippen molar-refractivity contribution in [3.63, 3.8) is 0 Å². The highest BCUT2D eigenvalue weighted by Gasteiger charge is 2.15. The maximum Gasteiger partial charge on any atom is 0.514 e. The summed E-state index contributed by atoms with van der Waals surface area (Å²) in [4.78, 5) is 11.8. The molecular weight excluding hydrogens is 276 g/mol. The Morgan fingerprint density at radius 2 is 1.55 bits per heavy atom. The van der Waals surface area contributed by atoms with Crippen molar-refractivity contribution in [2.45, 2.75) is 39.2 Å². The molecule has 0 radical (unpaired) electrons. The molecule has 2 aromatic rings. The van der Waals surface area contributed by atoms with Crippen molar-refractivity contribution in [3.8, 4) is 5.75 Å². The lowest BCUT2D eigenvalue weighted by Crippen LogP contribution is -2.14. The van der Waals surface area contributed by atoms with Crippen LogP contribution < -0.4 is 4.74 Å². The van der Waals surface area contributed by atoms with Gasteiger partial charge in [-0.05, 0) is 35.6 Å². The highest BCUT2D eigenvalue weighted by atomic mass is 16.7. The predicted octanol–water partition coefficient (Wildman–Crippen LogP) is 5.26. The first-order chi connectivity index (χ1) is 10.4. The molecule has 2 rings (SSSR count). The van der Waals surface area contributed by atoms with E-state index in [0.717, 1.165) is 5.56 Å². The summed E-state index contributed by atoms with van der Waals surface area (Å²) in [5.41, 5.74) is 2.19. The van der Waals surface area contributed by atoms with E-state index >= 15 is 0 Å². The summed E-state index contributed by atoms with van der Waals surface area (Å²) in [6, 6.07) is 17.1. The van der Waals surface area contributed by atoms with Gasteiger partial charge in [-0.3, -0.25) is 0 Å². The minimum atomic E-state index is -0.695. The Labute approximate surface area is 131 Å². The van der Waals surface area contributed by atoms with Crippen molar-refractivity contribution < 1.29 is 14.3 Å². The maximum absolute atomic E-state index is 11.8. The van der Waals surface area contributed by atoms with Gasteiger partial charge in [-0.2, -0.15) is 0 Å². The highest BCUT2D eigenvalue weighted by Crippen LogP contribution is 2.25. The van der Waals surface area contributed by atoms with Crippen molar-refractivity contribution in [2.75, 3.05) is 0 Å². The van der Waals surface area contributed by atoms with Crippen LogP contribution in [-0.2, 0) is 10.2 Å². The van der Waals surface area contributed by atoms with Crippen LogP contribution >= 0.6 is 0 Å². The first-order valence-corrected chi connectivity index (χ1v) is 7.40. The van der Waals surface area contributed by atoms with E-state index < -0.39 is 6.16 Å². The van der Waals surface area contributed by atoms with E-state index in [4.69, 9.17) is 9.47 Å². The van der Waals surface area contributed by atoms with E-state index in [9.17, 15) is 4.79 Å². The van der Waals surface area contributed by atoms with Gasteiger partial charge in [0.2, 0.25) is 0 Å². The monoisotopic (exact) mass is 298 g/mol. The molecule has 0 aliphatic carbocycles. The molecule has 0 spiro atoms. The summed E-state index contributed by atoms with van der Waals surface area (Å²) in [5, 5.41) is 0. The largest absolute Gasteiger partial charge is 0.514 e. The number of hydrogen-bond donors (Lipinski definition) is 0. The van der Waals surface area contributed by atoms with Crippen LogP contribution in [0.4, 0.5) is 4.79 Å². The average molecular weight is 298 g/mol. The Hall–Kier alpha value is -2.29. The van der Waals surface area contributed by atoms with Gasteiger partial charge in [0.25, 0.3) is 0 Å². The fourth-order valence-electron chi connectivity index (χ4n) is 2.08. The third-order valence-corrected chi connectivity index (χ3v) is 3.46. The molecule has 0 amide bonds. The first kappa shape index (κ1) is 16.1. The molecular formula is C19H22O3. The van der Waals surface area contributed by atoms with Crippen molar-refractivity contribution in [1.82, 2.24) is 0 Å². The predicted molar refractivity (Wildman–Crippen MR) is 87.1 cm³/mol. The van der Waals surface area contributed by atoms with Gasteiger partial charge in [-0.25, -0.2) is 4.79 Å². The molecule has 0 N–H and O–H groups in total. The van der Waals surface area contributed by atoms with Crippen LogP contribution in [-0.4, -0.2) is 6.16 Å². The number of hydrogen-bond acceptors (Lipinski definition) is 3. The highest BCUT2D eigenvalue weighted by molar-refractivity contribution is 5.64.